The maximum absolute atomic E-state index is 11.9. The highest BCUT2D eigenvalue weighted by molar-refractivity contribution is 8.00. The van der Waals surface area contributed by atoms with Crippen molar-refractivity contribution < 1.29 is 19.4 Å². The highest BCUT2D eigenvalue weighted by atomic mass is 32.2. The van der Waals surface area contributed by atoms with Crippen LogP contribution in [0.25, 0.3) is 0 Å². The van der Waals surface area contributed by atoms with Crippen LogP contribution in [0.15, 0.2) is 0 Å². The van der Waals surface area contributed by atoms with Gasteiger partial charge in [-0.1, -0.05) is 0 Å². The van der Waals surface area contributed by atoms with Crippen molar-refractivity contribution in [3.05, 3.63) is 0 Å². The molecule has 102 valence electrons. The quantitative estimate of drug-likeness (QED) is 0.800. The average Bonchev–Trinajstić information content (AvgIpc) is 2.95. The maximum Gasteiger partial charge on any atom is 0.332 e. The number of aliphatic carboxylic acids is 1. The molecule has 1 amide bonds. The number of carboxylic acids is 1. The molecule has 2 rings (SSSR count). The van der Waals surface area contributed by atoms with Crippen molar-refractivity contribution in [2.24, 2.45) is 0 Å². The summed E-state index contributed by atoms with van der Waals surface area (Å²) in [4.78, 5) is 22.6. The standard InChI is InChI=1S/C12H19NO4S/c1-12(5-2-6-18-12)7-13-10(14)8-3-4-9(17-8)11(15)16/h8-9H,2-7H2,1H3,(H,13,14)(H,15,16). The summed E-state index contributed by atoms with van der Waals surface area (Å²) in [5.74, 6) is -0.0102. The number of thioether (sulfide) groups is 1. The number of amides is 1. The van der Waals surface area contributed by atoms with Gasteiger partial charge in [0.25, 0.3) is 0 Å². The number of rotatable bonds is 4. The molecular formula is C12H19NO4S. The molecule has 0 aromatic rings. The fourth-order valence-electron chi connectivity index (χ4n) is 2.38. The topological polar surface area (TPSA) is 75.6 Å². The summed E-state index contributed by atoms with van der Waals surface area (Å²) in [6, 6.07) is 0. The van der Waals surface area contributed by atoms with Crippen molar-refractivity contribution in [3.8, 4) is 0 Å². The molecule has 0 bridgehead atoms. The smallest absolute Gasteiger partial charge is 0.332 e. The number of carboxylic acid groups (broad SMARTS) is 1. The molecule has 3 unspecified atom stereocenters. The zero-order chi connectivity index (χ0) is 13.2. The number of nitrogens with one attached hydrogen (secondary N) is 1. The zero-order valence-electron chi connectivity index (χ0n) is 10.5. The van der Waals surface area contributed by atoms with E-state index >= 15 is 0 Å². The Morgan fingerprint density at radius 2 is 2.17 bits per heavy atom. The van der Waals surface area contributed by atoms with Crippen molar-refractivity contribution in [2.45, 2.75) is 49.6 Å². The van der Waals surface area contributed by atoms with E-state index in [0.29, 0.717) is 19.4 Å². The minimum Gasteiger partial charge on any atom is -0.479 e. The zero-order valence-corrected chi connectivity index (χ0v) is 11.3. The predicted octanol–water partition coefficient (Wildman–Crippen LogP) is 1.02. The molecule has 6 heteroatoms. The van der Waals surface area contributed by atoms with Crippen LogP contribution in [0, 0.1) is 0 Å². The minimum absolute atomic E-state index is 0.125. The van der Waals surface area contributed by atoms with Gasteiger partial charge in [-0.2, -0.15) is 11.8 Å². The second kappa shape index (κ2) is 5.48. The van der Waals surface area contributed by atoms with E-state index in [1.165, 1.54) is 6.42 Å². The predicted molar refractivity (Wildman–Crippen MR) is 68.6 cm³/mol. The van der Waals surface area contributed by atoms with Gasteiger partial charge < -0.3 is 15.2 Å². The third-order valence-corrected chi connectivity index (χ3v) is 5.06. The Balaban J connectivity index is 1.77. The largest absolute Gasteiger partial charge is 0.479 e. The van der Waals surface area contributed by atoms with E-state index in [2.05, 4.69) is 12.2 Å². The first-order valence-electron chi connectivity index (χ1n) is 6.30. The van der Waals surface area contributed by atoms with E-state index in [9.17, 15) is 9.59 Å². The lowest BCUT2D eigenvalue weighted by atomic mass is 10.1. The molecule has 3 atom stereocenters. The van der Waals surface area contributed by atoms with E-state index in [1.54, 1.807) is 0 Å². The first kappa shape index (κ1) is 13.7. The van der Waals surface area contributed by atoms with Gasteiger partial charge in [0.15, 0.2) is 6.10 Å². The van der Waals surface area contributed by atoms with Crippen molar-refractivity contribution >= 4 is 23.6 Å². The Morgan fingerprint density at radius 1 is 1.44 bits per heavy atom. The fourth-order valence-corrected chi connectivity index (χ4v) is 3.62. The van der Waals surface area contributed by atoms with Crippen molar-refractivity contribution in [3.63, 3.8) is 0 Å². The molecule has 0 saturated carbocycles. The molecule has 5 nitrogen and oxygen atoms in total. The number of ether oxygens (including phenoxy) is 1. The third kappa shape index (κ3) is 3.17. The van der Waals surface area contributed by atoms with E-state index in [1.807, 2.05) is 11.8 Å². The molecule has 2 saturated heterocycles. The Labute approximate surface area is 111 Å². The van der Waals surface area contributed by atoms with Gasteiger partial charge in [-0.25, -0.2) is 4.79 Å². The van der Waals surface area contributed by atoms with Gasteiger partial charge in [-0.3, -0.25) is 4.79 Å². The van der Waals surface area contributed by atoms with Crippen LogP contribution in [0.5, 0.6) is 0 Å². The summed E-state index contributed by atoms with van der Waals surface area (Å²) in [5, 5.41) is 11.7. The summed E-state index contributed by atoms with van der Waals surface area (Å²) >= 11 is 1.88. The van der Waals surface area contributed by atoms with Crippen LogP contribution in [0.2, 0.25) is 0 Å². The first-order chi connectivity index (χ1) is 8.50. The molecule has 0 aromatic carbocycles. The Morgan fingerprint density at radius 3 is 2.72 bits per heavy atom. The monoisotopic (exact) mass is 273 g/mol. The normalized spacial score (nSPS) is 35.6. The van der Waals surface area contributed by atoms with Crippen LogP contribution in [-0.2, 0) is 14.3 Å². The van der Waals surface area contributed by atoms with Gasteiger partial charge in [0, 0.05) is 11.3 Å². The summed E-state index contributed by atoms with van der Waals surface area (Å²) in [7, 11) is 0. The molecule has 0 aromatic heterocycles. The molecule has 0 radical (unpaired) electrons. The fraction of sp³-hybridized carbons (Fsp3) is 0.833. The summed E-state index contributed by atoms with van der Waals surface area (Å²) in [5.41, 5.74) is 0. The van der Waals surface area contributed by atoms with Crippen molar-refractivity contribution in [1.29, 1.82) is 0 Å². The maximum atomic E-state index is 11.9. The lowest BCUT2D eigenvalue weighted by Gasteiger charge is -2.23. The highest BCUT2D eigenvalue weighted by Crippen LogP contribution is 2.37. The Bertz CT molecular complexity index is 341. The number of carbonyl (C=O) groups excluding carboxylic acids is 1. The molecule has 18 heavy (non-hydrogen) atoms. The van der Waals surface area contributed by atoms with Crippen LogP contribution in [0.1, 0.15) is 32.6 Å². The molecule has 2 heterocycles. The van der Waals surface area contributed by atoms with Crippen LogP contribution < -0.4 is 5.32 Å². The molecule has 0 spiro atoms. The van der Waals surface area contributed by atoms with Gasteiger partial charge >= 0.3 is 5.97 Å². The van der Waals surface area contributed by atoms with E-state index in [0.717, 1.165) is 12.2 Å². The Hall–Kier alpha value is -0.750. The first-order valence-corrected chi connectivity index (χ1v) is 7.29. The minimum atomic E-state index is -0.983. The average molecular weight is 273 g/mol. The summed E-state index contributed by atoms with van der Waals surface area (Å²) in [6.07, 6.45) is 1.80. The molecule has 2 aliphatic heterocycles. The third-order valence-electron chi connectivity index (χ3n) is 3.52. The van der Waals surface area contributed by atoms with Gasteiger partial charge in [-0.15, -0.1) is 0 Å². The van der Waals surface area contributed by atoms with Gasteiger partial charge in [0.1, 0.15) is 6.10 Å². The van der Waals surface area contributed by atoms with Crippen LogP contribution in [0.3, 0.4) is 0 Å². The molecule has 2 fully saturated rings. The highest BCUT2D eigenvalue weighted by Gasteiger charge is 2.36. The second-order valence-electron chi connectivity index (χ2n) is 5.15. The summed E-state index contributed by atoms with van der Waals surface area (Å²) < 4.78 is 5.34. The van der Waals surface area contributed by atoms with Crippen LogP contribution >= 0.6 is 11.8 Å². The molecule has 2 N–H and O–H groups in total. The lowest BCUT2D eigenvalue weighted by molar-refractivity contribution is -0.151. The van der Waals surface area contributed by atoms with E-state index in [4.69, 9.17) is 9.84 Å². The van der Waals surface area contributed by atoms with Gasteiger partial charge in [0.05, 0.1) is 0 Å². The van der Waals surface area contributed by atoms with Crippen LogP contribution in [0.4, 0.5) is 0 Å². The van der Waals surface area contributed by atoms with Gasteiger partial charge in [-0.05, 0) is 38.4 Å². The van der Waals surface area contributed by atoms with Crippen molar-refractivity contribution in [2.75, 3.05) is 12.3 Å². The Kier molecular flexibility index (Phi) is 4.17. The molecule has 0 aliphatic carbocycles. The molecule has 2 aliphatic rings. The lowest BCUT2D eigenvalue weighted by Crippen LogP contribution is -2.42. The summed E-state index contributed by atoms with van der Waals surface area (Å²) in [6.45, 7) is 2.79. The number of hydrogen-bond donors (Lipinski definition) is 2. The SMILES string of the molecule is CC1(CNC(=O)C2CCC(C(=O)O)O2)CCCS1. The van der Waals surface area contributed by atoms with E-state index in [-0.39, 0.29) is 10.7 Å². The molecular weight excluding hydrogens is 254 g/mol. The van der Waals surface area contributed by atoms with Crippen LogP contribution in [-0.4, -0.2) is 46.2 Å². The van der Waals surface area contributed by atoms with Gasteiger partial charge in [0.2, 0.25) is 5.91 Å². The van der Waals surface area contributed by atoms with Crippen molar-refractivity contribution in [1.82, 2.24) is 5.32 Å². The number of hydrogen-bond acceptors (Lipinski definition) is 4. The van der Waals surface area contributed by atoms with E-state index < -0.39 is 18.2 Å². The second-order valence-corrected chi connectivity index (χ2v) is 6.83. The number of carbonyl (C=O) groups is 2.